The van der Waals surface area contributed by atoms with Crippen molar-refractivity contribution in [3.8, 4) is 0 Å². The molecule has 1 aliphatic heterocycles. The first-order chi connectivity index (χ1) is 15.4. The molecule has 1 aromatic carbocycles. The zero-order valence-electron chi connectivity index (χ0n) is 18.9. The van der Waals surface area contributed by atoms with Crippen molar-refractivity contribution >= 4 is 26.8 Å². The van der Waals surface area contributed by atoms with Gasteiger partial charge in [-0.3, -0.25) is 9.59 Å². The Balaban J connectivity index is 1.95. The van der Waals surface area contributed by atoms with Crippen molar-refractivity contribution in [2.24, 2.45) is 0 Å². The Hall–Kier alpha value is -2.23. The molecule has 0 radical (unpaired) electrons. The number of unbranched alkanes of at least 4 members (excludes halogenated alkanes) is 2. The molecule has 2 heterocycles. The fraction of sp³-hybridized carbons (Fsp3) is 0.565. The van der Waals surface area contributed by atoms with Gasteiger partial charge in [-0.05, 0) is 43.9 Å². The average molecular weight is 464 g/mol. The first-order valence-electron chi connectivity index (χ1n) is 11.4. The molecule has 32 heavy (non-hydrogen) atoms. The fourth-order valence-electron chi connectivity index (χ4n) is 3.86. The number of aromatic nitrogens is 1. The normalized spacial score (nSPS) is 16.7. The molecular weight excluding hydrogens is 430 g/mol. The molecule has 1 aromatic heterocycles. The topological polar surface area (TPSA) is 109 Å². The number of hydrogen-bond acceptors (Lipinski definition) is 5. The summed E-state index contributed by atoms with van der Waals surface area (Å²) >= 11 is 0. The van der Waals surface area contributed by atoms with Gasteiger partial charge in [0.15, 0.2) is 0 Å². The van der Waals surface area contributed by atoms with Crippen LogP contribution in [0.5, 0.6) is 0 Å². The fourth-order valence-corrected chi connectivity index (χ4v) is 5.40. The third-order valence-corrected chi connectivity index (χ3v) is 7.63. The summed E-state index contributed by atoms with van der Waals surface area (Å²) in [5.41, 5.74) is 0.169. The molecule has 8 nitrogen and oxygen atoms in total. The number of carbonyl (C=O) groups is 1. The van der Waals surface area contributed by atoms with Crippen molar-refractivity contribution in [1.82, 2.24) is 14.6 Å². The van der Waals surface area contributed by atoms with Gasteiger partial charge in [0.2, 0.25) is 15.6 Å². The van der Waals surface area contributed by atoms with Gasteiger partial charge >= 0.3 is 0 Å². The van der Waals surface area contributed by atoms with Crippen molar-refractivity contribution < 1.29 is 17.9 Å². The van der Waals surface area contributed by atoms with Crippen LogP contribution in [0.15, 0.2) is 34.0 Å². The first kappa shape index (κ1) is 24.4. The van der Waals surface area contributed by atoms with Crippen LogP contribution in [0.1, 0.15) is 62.7 Å². The number of nitrogens with zero attached hydrogens (tertiary/aromatic N) is 1. The molecule has 0 bridgehead atoms. The van der Waals surface area contributed by atoms with Crippen LogP contribution in [0.25, 0.3) is 10.9 Å². The summed E-state index contributed by atoms with van der Waals surface area (Å²) in [6.45, 7) is 6.00. The highest BCUT2D eigenvalue weighted by molar-refractivity contribution is 7.89. The number of carbonyl (C=O) groups excluding carboxylic acids is 1. The van der Waals surface area contributed by atoms with E-state index in [4.69, 9.17) is 4.74 Å². The minimum Gasteiger partial charge on any atom is -0.376 e. The van der Waals surface area contributed by atoms with Crippen LogP contribution < -0.4 is 10.9 Å². The van der Waals surface area contributed by atoms with Gasteiger partial charge in [-0.1, -0.05) is 26.7 Å². The molecule has 2 aromatic rings. The van der Waals surface area contributed by atoms with Gasteiger partial charge in [0, 0.05) is 43.2 Å². The Kier molecular flexibility index (Phi) is 8.44. The third kappa shape index (κ3) is 5.76. The van der Waals surface area contributed by atoms with Gasteiger partial charge in [-0.2, -0.15) is 4.31 Å². The quantitative estimate of drug-likeness (QED) is 0.532. The van der Waals surface area contributed by atoms with Crippen molar-refractivity contribution in [3.63, 3.8) is 0 Å². The second kappa shape index (κ2) is 11.1. The average Bonchev–Trinajstić information content (AvgIpc) is 3.30. The minimum absolute atomic E-state index is 0.0335. The van der Waals surface area contributed by atoms with Crippen LogP contribution in [0.3, 0.4) is 0 Å². The lowest BCUT2D eigenvalue weighted by atomic mass is 10.1. The Morgan fingerprint density at radius 1 is 1.19 bits per heavy atom. The van der Waals surface area contributed by atoms with Crippen LogP contribution in [0.2, 0.25) is 0 Å². The van der Waals surface area contributed by atoms with Gasteiger partial charge in [0.25, 0.3) is 5.91 Å². The van der Waals surface area contributed by atoms with Gasteiger partial charge in [0.1, 0.15) is 0 Å². The van der Waals surface area contributed by atoms with E-state index in [0.717, 1.165) is 38.5 Å². The third-order valence-electron chi connectivity index (χ3n) is 5.73. The van der Waals surface area contributed by atoms with E-state index in [-0.39, 0.29) is 16.6 Å². The molecule has 0 saturated carbocycles. The van der Waals surface area contributed by atoms with E-state index < -0.39 is 21.5 Å². The molecule has 1 amide bonds. The predicted octanol–water partition coefficient (Wildman–Crippen LogP) is 3.03. The Morgan fingerprint density at radius 3 is 2.53 bits per heavy atom. The van der Waals surface area contributed by atoms with Gasteiger partial charge < -0.3 is 15.0 Å². The highest BCUT2D eigenvalue weighted by atomic mass is 32.2. The molecule has 1 saturated heterocycles. The number of nitrogens with one attached hydrogen (secondary N) is 2. The summed E-state index contributed by atoms with van der Waals surface area (Å²) in [6, 6.07) is 5.76. The van der Waals surface area contributed by atoms with Gasteiger partial charge in [-0.15, -0.1) is 0 Å². The van der Waals surface area contributed by atoms with E-state index >= 15 is 0 Å². The molecule has 2 N–H and O–H groups in total. The SMILES string of the molecule is CCCCN(CCCC)S(=O)(=O)c1ccc2[nH]c(=O)cc(C(=O)NCC3CCCO3)c2c1. The number of fused-ring (bicyclic) bond motifs is 1. The maximum absolute atomic E-state index is 13.4. The number of ether oxygens (including phenoxy) is 1. The summed E-state index contributed by atoms with van der Waals surface area (Å²) in [6.07, 6.45) is 5.15. The number of aromatic amines is 1. The number of hydrogen-bond donors (Lipinski definition) is 2. The molecule has 9 heteroatoms. The van der Waals surface area contributed by atoms with E-state index in [1.165, 1.54) is 22.5 Å². The van der Waals surface area contributed by atoms with Crippen molar-refractivity contribution in [1.29, 1.82) is 0 Å². The summed E-state index contributed by atoms with van der Waals surface area (Å²) in [7, 11) is -3.73. The lowest BCUT2D eigenvalue weighted by Gasteiger charge is -2.22. The van der Waals surface area contributed by atoms with Crippen molar-refractivity contribution in [2.75, 3.05) is 26.2 Å². The second-order valence-corrected chi connectivity index (χ2v) is 10.1. The standard InChI is InChI=1S/C23H33N3O5S/c1-3-5-11-26(12-6-4-2)32(29,30)18-9-10-21-19(14-18)20(15-22(27)25-21)23(28)24-16-17-8-7-13-31-17/h9-10,14-15,17H,3-8,11-13,16H2,1-2H3,(H,24,28)(H,25,27). The molecule has 0 spiro atoms. The van der Waals surface area contributed by atoms with Gasteiger partial charge in [0.05, 0.1) is 16.6 Å². The molecular formula is C23H33N3O5S. The van der Waals surface area contributed by atoms with E-state index in [9.17, 15) is 18.0 Å². The maximum atomic E-state index is 13.4. The lowest BCUT2D eigenvalue weighted by molar-refractivity contribution is 0.0859. The number of sulfonamides is 1. The molecule has 1 atom stereocenters. The molecule has 0 aliphatic carbocycles. The van der Waals surface area contributed by atoms with Crippen molar-refractivity contribution in [2.45, 2.75) is 63.4 Å². The molecule has 1 unspecified atom stereocenters. The van der Waals surface area contributed by atoms with Gasteiger partial charge in [-0.25, -0.2) is 8.42 Å². The van der Waals surface area contributed by atoms with E-state index in [1.807, 2.05) is 13.8 Å². The van der Waals surface area contributed by atoms with E-state index in [1.54, 1.807) is 6.07 Å². The summed E-state index contributed by atoms with van der Waals surface area (Å²) in [5.74, 6) is -0.417. The minimum atomic E-state index is -3.73. The Labute approximate surface area is 189 Å². The van der Waals surface area contributed by atoms with E-state index in [0.29, 0.717) is 37.1 Å². The molecule has 3 rings (SSSR count). The number of H-pyrrole nitrogens is 1. The maximum Gasteiger partial charge on any atom is 0.252 e. The monoisotopic (exact) mass is 463 g/mol. The number of rotatable bonds is 11. The van der Waals surface area contributed by atoms with E-state index in [2.05, 4.69) is 10.3 Å². The molecule has 1 fully saturated rings. The zero-order chi connectivity index (χ0) is 23.1. The zero-order valence-corrected chi connectivity index (χ0v) is 19.7. The van der Waals surface area contributed by atoms with Crippen LogP contribution >= 0.6 is 0 Å². The summed E-state index contributed by atoms with van der Waals surface area (Å²) in [5, 5.41) is 3.22. The summed E-state index contributed by atoms with van der Waals surface area (Å²) in [4.78, 5) is 27.8. The van der Waals surface area contributed by atoms with Crippen molar-refractivity contribution in [3.05, 3.63) is 40.2 Å². The largest absolute Gasteiger partial charge is 0.376 e. The molecule has 1 aliphatic rings. The first-order valence-corrected chi connectivity index (χ1v) is 12.9. The number of benzene rings is 1. The lowest BCUT2D eigenvalue weighted by Crippen LogP contribution is -2.33. The Bertz CT molecular complexity index is 1080. The van der Waals surface area contributed by atoms with Crippen LogP contribution in [0, 0.1) is 0 Å². The highest BCUT2D eigenvalue weighted by Gasteiger charge is 2.25. The molecule has 176 valence electrons. The van der Waals surface area contributed by atoms with Crippen LogP contribution in [-0.2, 0) is 14.8 Å². The second-order valence-electron chi connectivity index (χ2n) is 8.21. The summed E-state index contributed by atoms with van der Waals surface area (Å²) < 4.78 is 33.8. The highest BCUT2D eigenvalue weighted by Crippen LogP contribution is 2.24. The number of amides is 1. The Morgan fingerprint density at radius 2 is 1.91 bits per heavy atom. The van der Waals surface area contributed by atoms with Crippen LogP contribution in [0.4, 0.5) is 0 Å². The van der Waals surface area contributed by atoms with Crippen LogP contribution in [-0.4, -0.2) is 56.0 Å². The predicted molar refractivity (Wildman–Crippen MR) is 124 cm³/mol. The smallest absolute Gasteiger partial charge is 0.252 e. The number of pyridine rings is 1.